The van der Waals surface area contributed by atoms with Crippen LogP contribution in [0.25, 0.3) is 0 Å². The van der Waals surface area contributed by atoms with Crippen LogP contribution in [0.4, 0.5) is 0 Å². The van der Waals surface area contributed by atoms with Gasteiger partial charge in [-0.1, -0.05) is 24.3 Å². The molecule has 0 spiro atoms. The van der Waals surface area contributed by atoms with Crippen molar-refractivity contribution in [2.24, 2.45) is 5.73 Å². The lowest BCUT2D eigenvalue weighted by Crippen LogP contribution is -2.27. The van der Waals surface area contributed by atoms with Crippen molar-refractivity contribution in [3.05, 3.63) is 35.4 Å². The minimum Gasteiger partial charge on any atom is -0.379 e. The molecule has 19 heavy (non-hydrogen) atoms. The first kappa shape index (κ1) is 15.7. The maximum Gasteiger partial charge on any atom is 0.224 e. The Morgan fingerprint density at radius 2 is 2.00 bits per heavy atom. The van der Waals surface area contributed by atoms with Crippen molar-refractivity contribution >= 4 is 5.91 Å². The van der Waals surface area contributed by atoms with E-state index in [0.29, 0.717) is 26.1 Å². The molecule has 0 saturated carbocycles. The highest BCUT2D eigenvalue weighted by Gasteiger charge is 2.06. The molecular formula is C15H24N2O2. The Morgan fingerprint density at radius 3 is 2.63 bits per heavy atom. The lowest BCUT2D eigenvalue weighted by Gasteiger charge is -2.09. The Hall–Kier alpha value is -1.39. The first-order valence-corrected chi connectivity index (χ1v) is 6.78. The van der Waals surface area contributed by atoms with Crippen molar-refractivity contribution in [3.8, 4) is 0 Å². The standard InChI is InChI=1S/C15H24N2O2/c1-12(2)19-9-5-8-17-15(18)10-13-6-3-4-7-14(13)11-16/h3-4,6-7,12H,5,8-11,16H2,1-2H3,(H,17,18). The van der Waals surface area contributed by atoms with E-state index in [-0.39, 0.29) is 12.0 Å². The minimum absolute atomic E-state index is 0.0328. The second-order valence-electron chi connectivity index (χ2n) is 4.77. The van der Waals surface area contributed by atoms with Crippen molar-refractivity contribution in [2.45, 2.75) is 39.3 Å². The topological polar surface area (TPSA) is 64.3 Å². The molecule has 0 atom stereocenters. The quantitative estimate of drug-likeness (QED) is 0.701. The maximum atomic E-state index is 11.8. The first-order valence-electron chi connectivity index (χ1n) is 6.78. The molecule has 0 unspecified atom stereocenters. The van der Waals surface area contributed by atoms with E-state index in [4.69, 9.17) is 10.5 Å². The van der Waals surface area contributed by atoms with Crippen molar-refractivity contribution in [2.75, 3.05) is 13.2 Å². The van der Waals surface area contributed by atoms with Crippen molar-refractivity contribution in [3.63, 3.8) is 0 Å². The average Bonchev–Trinajstić information content (AvgIpc) is 2.38. The van der Waals surface area contributed by atoms with Gasteiger partial charge in [-0.05, 0) is 31.4 Å². The number of benzene rings is 1. The Morgan fingerprint density at radius 1 is 1.32 bits per heavy atom. The summed E-state index contributed by atoms with van der Waals surface area (Å²) in [7, 11) is 0. The fourth-order valence-electron chi connectivity index (χ4n) is 1.78. The summed E-state index contributed by atoms with van der Waals surface area (Å²) in [6, 6.07) is 7.77. The van der Waals surface area contributed by atoms with E-state index < -0.39 is 0 Å². The van der Waals surface area contributed by atoms with Gasteiger partial charge in [-0.2, -0.15) is 0 Å². The van der Waals surface area contributed by atoms with E-state index in [1.807, 2.05) is 38.1 Å². The van der Waals surface area contributed by atoms with E-state index >= 15 is 0 Å². The Labute approximate surface area is 115 Å². The molecule has 0 bridgehead atoms. The summed E-state index contributed by atoms with van der Waals surface area (Å²) in [6.07, 6.45) is 1.47. The van der Waals surface area contributed by atoms with Crippen LogP contribution in [0.5, 0.6) is 0 Å². The van der Waals surface area contributed by atoms with Gasteiger partial charge in [0.2, 0.25) is 5.91 Å². The summed E-state index contributed by atoms with van der Waals surface area (Å²) < 4.78 is 5.41. The molecule has 106 valence electrons. The van der Waals surface area contributed by atoms with Gasteiger partial charge in [0.15, 0.2) is 0 Å². The Kier molecular flexibility index (Phi) is 7.15. The number of carbonyl (C=O) groups excluding carboxylic acids is 1. The van der Waals surface area contributed by atoms with Gasteiger partial charge < -0.3 is 15.8 Å². The van der Waals surface area contributed by atoms with Crippen LogP contribution in [-0.4, -0.2) is 25.2 Å². The average molecular weight is 264 g/mol. The predicted octanol–water partition coefficient (Wildman–Crippen LogP) is 1.62. The van der Waals surface area contributed by atoms with Gasteiger partial charge in [0.05, 0.1) is 12.5 Å². The van der Waals surface area contributed by atoms with E-state index in [9.17, 15) is 4.79 Å². The van der Waals surface area contributed by atoms with Crippen LogP contribution in [0.2, 0.25) is 0 Å². The Bertz CT molecular complexity index is 391. The molecular weight excluding hydrogens is 240 g/mol. The number of nitrogens with two attached hydrogens (primary N) is 1. The van der Waals surface area contributed by atoms with Crippen LogP contribution in [0, 0.1) is 0 Å². The third-order valence-electron chi connectivity index (χ3n) is 2.78. The zero-order chi connectivity index (χ0) is 14.1. The predicted molar refractivity (Wildman–Crippen MR) is 76.8 cm³/mol. The fourth-order valence-corrected chi connectivity index (χ4v) is 1.78. The molecule has 0 saturated heterocycles. The molecule has 0 radical (unpaired) electrons. The maximum absolute atomic E-state index is 11.8. The summed E-state index contributed by atoms with van der Waals surface area (Å²) in [5.74, 6) is 0.0328. The van der Waals surface area contributed by atoms with Gasteiger partial charge in [0, 0.05) is 19.7 Å². The highest BCUT2D eigenvalue weighted by Crippen LogP contribution is 2.08. The van der Waals surface area contributed by atoms with Gasteiger partial charge in [-0.15, -0.1) is 0 Å². The molecule has 0 fully saturated rings. The molecule has 3 N–H and O–H groups in total. The number of nitrogens with one attached hydrogen (secondary N) is 1. The normalized spacial score (nSPS) is 10.7. The monoisotopic (exact) mass is 264 g/mol. The summed E-state index contributed by atoms with van der Waals surface area (Å²) in [4.78, 5) is 11.8. The summed E-state index contributed by atoms with van der Waals surface area (Å²) in [5, 5.41) is 2.90. The van der Waals surface area contributed by atoms with Crippen LogP contribution < -0.4 is 11.1 Å². The molecule has 0 aromatic heterocycles. The highest BCUT2D eigenvalue weighted by molar-refractivity contribution is 5.78. The number of carbonyl (C=O) groups is 1. The molecule has 1 rings (SSSR count). The van der Waals surface area contributed by atoms with E-state index in [1.54, 1.807) is 0 Å². The molecule has 1 amide bonds. The number of hydrogen-bond donors (Lipinski definition) is 2. The molecule has 1 aromatic rings. The third kappa shape index (κ3) is 6.36. The van der Waals surface area contributed by atoms with E-state index in [1.165, 1.54) is 0 Å². The highest BCUT2D eigenvalue weighted by atomic mass is 16.5. The van der Waals surface area contributed by atoms with Gasteiger partial charge in [0.1, 0.15) is 0 Å². The summed E-state index contributed by atoms with van der Waals surface area (Å²) >= 11 is 0. The number of amides is 1. The van der Waals surface area contributed by atoms with Gasteiger partial charge in [-0.3, -0.25) is 4.79 Å². The summed E-state index contributed by atoms with van der Waals surface area (Å²) in [6.45, 7) is 5.80. The third-order valence-corrected chi connectivity index (χ3v) is 2.78. The summed E-state index contributed by atoms with van der Waals surface area (Å²) in [5.41, 5.74) is 7.68. The van der Waals surface area contributed by atoms with Crippen LogP contribution in [-0.2, 0) is 22.5 Å². The minimum atomic E-state index is 0.0328. The molecule has 0 heterocycles. The number of ether oxygens (including phenoxy) is 1. The molecule has 0 aliphatic carbocycles. The van der Waals surface area contributed by atoms with Crippen molar-refractivity contribution in [1.29, 1.82) is 0 Å². The molecule has 4 nitrogen and oxygen atoms in total. The van der Waals surface area contributed by atoms with E-state index in [2.05, 4.69) is 5.32 Å². The fraction of sp³-hybridized carbons (Fsp3) is 0.533. The molecule has 0 aliphatic heterocycles. The van der Waals surface area contributed by atoms with Crippen molar-refractivity contribution in [1.82, 2.24) is 5.32 Å². The van der Waals surface area contributed by atoms with E-state index in [0.717, 1.165) is 17.5 Å². The second-order valence-corrected chi connectivity index (χ2v) is 4.77. The molecule has 0 aliphatic rings. The second kappa shape index (κ2) is 8.67. The van der Waals surface area contributed by atoms with Crippen molar-refractivity contribution < 1.29 is 9.53 Å². The van der Waals surface area contributed by atoms with Gasteiger partial charge in [-0.25, -0.2) is 0 Å². The van der Waals surface area contributed by atoms with Gasteiger partial charge in [0.25, 0.3) is 0 Å². The lowest BCUT2D eigenvalue weighted by molar-refractivity contribution is -0.120. The number of hydrogen-bond acceptors (Lipinski definition) is 3. The zero-order valence-corrected chi connectivity index (χ0v) is 11.8. The molecule has 4 heteroatoms. The zero-order valence-electron chi connectivity index (χ0n) is 11.8. The first-order chi connectivity index (χ1) is 9.13. The van der Waals surface area contributed by atoms with Crippen LogP contribution >= 0.6 is 0 Å². The lowest BCUT2D eigenvalue weighted by atomic mass is 10.0. The van der Waals surface area contributed by atoms with Gasteiger partial charge >= 0.3 is 0 Å². The Balaban J connectivity index is 2.27. The number of rotatable bonds is 8. The van der Waals surface area contributed by atoms with Crippen LogP contribution in [0.1, 0.15) is 31.4 Å². The molecule has 1 aromatic carbocycles. The largest absolute Gasteiger partial charge is 0.379 e. The van der Waals surface area contributed by atoms with Crippen LogP contribution in [0.15, 0.2) is 24.3 Å². The smallest absolute Gasteiger partial charge is 0.224 e. The van der Waals surface area contributed by atoms with Crippen LogP contribution in [0.3, 0.4) is 0 Å². The SMILES string of the molecule is CC(C)OCCCNC(=O)Cc1ccccc1CN.